The number of hydrogen-bond acceptors (Lipinski definition) is 6. The molecule has 3 aliphatic heterocycles. The highest BCUT2D eigenvalue weighted by molar-refractivity contribution is 5.95. The second kappa shape index (κ2) is 10.3. The molecule has 0 saturated carbocycles. The van der Waals surface area contributed by atoms with Crippen molar-refractivity contribution in [3.8, 4) is 11.5 Å². The zero-order valence-electron chi connectivity index (χ0n) is 19.7. The molecule has 188 valence electrons. The third-order valence-electron chi connectivity index (χ3n) is 7.04. The van der Waals surface area contributed by atoms with Gasteiger partial charge in [0, 0.05) is 31.9 Å². The van der Waals surface area contributed by atoms with Gasteiger partial charge in [-0.05, 0) is 61.7 Å². The Bertz CT molecular complexity index is 1070. The molecular weight excluding hydrogens is 455 g/mol. The van der Waals surface area contributed by atoms with Crippen molar-refractivity contribution < 1.29 is 33.7 Å². The van der Waals surface area contributed by atoms with Crippen LogP contribution in [0.4, 0.5) is 4.39 Å². The highest BCUT2D eigenvalue weighted by Gasteiger charge is 2.63. The third-order valence-corrected chi connectivity index (χ3v) is 7.04. The van der Waals surface area contributed by atoms with Crippen molar-refractivity contribution in [1.29, 1.82) is 0 Å². The van der Waals surface area contributed by atoms with Crippen LogP contribution >= 0.6 is 0 Å². The lowest BCUT2D eigenvalue weighted by Gasteiger charge is -2.27. The lowest BCUT2D eigenvalue weighted by atomic mass is 9.74. The normalized spacial score (nSPS) is 26.2. The minimum absolute atomic E-state index is 0.0104. The molecule has 3 heterocycles. The summed E-state index contributed by atoms with van der Waals surface area (Å²) in [6.45, 7) is 2.64. The minimum atomic E-state index is -0.833. The maximum absolute atomic E-state index is 14.6. The van der Waals surface area contributed by atoms with Gasteiger partial charge in [-0.25, -0.2) is 4.39 Å². The zero-order chi connectivity index (χ0) is 25.2. The molecule has 8 nitrogen and oxygen atoms in total. The number of fused-ring (bicyclic) bond motifs is 1. The number of benzene rings is 2. The molecule has 0 aliphatic carbocycles. The Kier molecular flexibility index (Phi) is 7.39. The Morgan fingerprint density at radius 2 is 1.91 bits per heavy atom. The molecule has 4 atom stereocenters. The number of aliphatic hydroxyl groups is 1. The number of likely N-dealkylation sites (tertiary alicyclic amines) is 1. The van der Waals surface area contributed by atoms with E-state index in [0.29, 0.717) is 31.1 Å². The zero-order valence-corrected chi connectivity index (χ0v) is 19.7. The summed E-state index contributed by atoms with van der Waals surface area (Å²) in [4.78, 5) is 23.9. The van der Waals surface area contributed by atoms with Crippen molar-refractivity contribution >= 4 is 11.9 Å². The lowest BCUT2D eigenvalue weighted by molar-refractivity contribution is -0.134. The second-order valence-corrected chi connectivity index (χ2v) is 9.34. The summed E-state index contributed by atoms with van der Waals surface area (Å²) in [5, 5.41) is 17.2. The van der Waals surface area contributed by atoms with Crippen LogP contribution in [0.1, 0.15) is 35.7 Å². The van der Waals surface area contributed by atoms with E-state index in [0.717, 1.165) is 31.7 Å². The van der Waals surface area contributed by atoms with Gasteiger partial charge in [-0.15, -0.1) is 0 Å². The summed E-state index contributed by atoms with van der Waals surface area (Å²) >= 11 is 0. The van der Waals surface area contributed by atoms with Crippen LogP contribution < -0.4 is 10.5 Å². The van der Waals surface area contributed by atoms with Gasteiger partial charge in [0.15, 0.2) is 0 Å². The molecule has 35 heavy (non-hydrogen) atoms. The summed E-state index contributed by atoms with van der Waals surface area (Å²) in [6, 6.07) is 11.8. The Morgan fingerprint density at radius 1 is 1.23 bits per heavy atom. The molecule has 1 amide bonds. The molecule has 0 unspecified atom stereocenters. The first-order valence-corrected chi connectivity index (χ1v) is 11.8. The number of rotatable bonds is 6. The first-order chi connectivity index (χ1) is 16.8. The molecule has 3 aliphatic rings. The maximum Gasteiger partial charge on any atom is 0.300 e. The maximum atomic E-state index is 14.6. The van der Waals surface area contributed by atoms with Gasteiger partial charge in [-0.3, -0.25) is 9.59 Å². The van der Waals surface area contributed by atoms with Crippen molar-refractivity contribution in [1.82, 2.24) is 4.90 Å². The number of amides is 1. The smallest absolute Gasteiger partial charge is 0.300 e. The van der Waals surface area contributed by atoms with E-state index in [-0.39, 0.29) is 41.6 Å². The van der Waals surface area contributed by atoms with E-state index in [9.17, 15) is 14.3 Å². The van der Waals surface area contributed by atoms with Crippen LogP contribution in [0, 0.1) is 17.7 Å². The standard InChI is InChI=1S/C24H27FN2O4.C2H4O2/c25-21-6-5-17(30-16-3-1-15(2-4-16)8-10-26)11-18(21)23(29)27-12-20-19(13-28)22-7-9-24(20,14-27)31-22;1-2(3)4/h1-6,11,19-20,22,28H,7-10,12-14,26H2;1H3,(H,3,4)/t19-,20+,22+,24+;/m1./s1. The van der Waals surface area contributed by atoms with Gasteiger partial charge in [-0.2, -0.15) is 0 Å². The predicted octanol–water partition coefficient (Wildman–Crippen LogP) is 2.82. The van der Waals surface area contributed by atoms with Crippen molar-refractivity contribution in [3.05, 3.63) is 59.4 Å². The van der Waals surface area contributed by atoms with Crippen molar-refractivity contribution in [2.75, 3.05) is 26.2 Å². The first-order valence-electron chi connectivity index (χ1n) is 11.8. The highest BCUT2D eigenvalue weighted by Crippen LogP contribution is 2.54. The number of carbonyl (C=O) groups excluding carboxylic acids is 1. The molecule has 0 aromatic heterocycles. The fraction of sp³-hybridized carbons (Fsp3) is 0.462. The van der Waals surface area contributed by atoms with Crippen molar-refractivity contribution in [3.63, 3.8) is 0 Å². The summed E-state index contributed by atoms with van der Waals surface area (Å²) in [6.07, 6.45) is 2.66. The number of carboxylic acids is 1. The molecule has 2 bridgehead atoms. The molecule has 3 saturated heterocycles. The van der Waals surface area contributed by atoms with Crippen LogP contribution in [-0.4, -0.2) is 64.9 Å². The quantitative estimate of drug-likeness (QED) is 0.574. The van der Waals surface area contributed by atoms with E-state index >= 15 is 0 Å². The monoisotopic (exact) mass is 486 g/mol. The summed E-state index contributed by atoms with van der Waals surface area (Å²) in [5.41, 5.74) is 6.29. The number of hydrogen-bond donors (Lipinski definition) is 3. The predicted molar refractivity (Wildman–Crippen MR) is 126 cm³/mol. The Balaban J connectivity index is 0.000000672. The molecule has 1 spiro atoms. The van der Waals surface area contributed by atoms with Gasteiger partial charge in [0.25, 0.3) is 11.9 Å². The van der Waals surface area contributed by atoms with E-state index in [2.05, 4.69) is 0 Å². The van der Waals surface area contributed by atoms with Gasteiger partial charge < -0.3 is 30.3 Å². The van der Waals surface area contributed by atoms with Crippen LogP contribution in [0.25, 0.3) is 0 Å². The molecule has 2 aromatic carbocycles. The van der Waals surface area contributed by atoms with Gasteiger partial charge >= 0.3 is 0 Å². The lowest BCUT2D eigenvalue weighted by Crippen LogP contribution is -2.38. The number of ether oxygens (including phenoxy) is 2. The van der Waals surface area contributed by atoms with Crippen LogP contribution in [-0.2, 0) is 16.0 Å². The summed E-state index contributed by atoms with van der Waals surface area (Å²) < 4.78 is 26.6. The molecule has 5 rings (SSSR count). The molecule has 4 N–H and O–H groups in total. The Labute approximate surface area is 203 Å². The number of carboxylic acid groups (broad SMARTS) is 1. The first kappa shape index (κ1) is 25.1. The fourth-order valence-electron chi connectivity index (χ4n) is 5.52. The summed E-state index contributed by atoms with van der Waals surface area (Å²) in [5.74, 6) is -0.609. The van der Waals surface area contributed by atoms with Crippen molar-refractivity contribution in [2.45, 2.75) is 37.9 Å². The molecule has 9 heteroatoms. The molecule has 3 fully saturated rings. The molecular formula is C26H31FN2O6. The number of carbonyl (C=O) groups is 2. The van der Waals surface area contributed by atoms with Crippen LogP contribution in [0.15, 0.2) is 42.5 Å². The molecule has 2 aromatic rings. The van der Waals surface area contributed by atoms with E-state index in [1.165, 1.54) is 18.2 Å². The van der Waals surface area contributed by atoms with Gasteiger partial charge in [0.2, 0.25) is 0 Å². The number of aliphatic hydroxyl groups excluding tert-OH is 1. The van der Waals surface area contributed by atoms with Gasteiger partial charge in [0.05, 0.1) is 23.8 Å². The number of halogens is 1. The van der Waals surface area contributed by atoms with Crippen molar-refractivity contribution in [2.24, 2.45) is 17.6 Å². The van der Waals surface area contributed by atoms with E-state index in [1.807, 2.05) is 24.3 Å². The SMILES string of the molecule is CC(=O)O.NCCc1ccc(Oc2ccc(F)c(C(=O)N3C[C@H]4[C@@H](CO)[C@@H]5CC[C@@]4(C3)O5)c2)cc1. The third kappa shape index (κ3) is 5.17. The highest BCUT2D eigenvalue weighted by atomic mass is 19.1. The Hall–Kier alpha value is -3.01. The largest absolute Gasteiger partial charge is 0.481 e. The van der Waals surface area contributed by atoms with Crippen LogP contribution in [0.5, 0.6) is 11.5 Å². The topological polar surface area (TPSA) is 122 Å². The summed E-state index contributed by atoms with van der Waals surface area (Å²) in [7, 11) is 0. The number of aliphatic carboxylic acids is 1. The fourth-order valence-corrected chi connectivity index (χ4v) is 5.52. The number of nitrogens with zero attached hydrogens (tertiary/aromatic N) is 1. The molecule has 0 radical (unpaired) electrons. The average molecular weight is 487 g/mol. The van der Waals surface area contributed by atoms with Crippen LogP contribution in [0.3, 0.4) is 0 Å². The van der Waals surface area contributed by atoms with E-state index < -0.39 is 11.8 Å². The number of nitrogens with two attached hydrogens (primary N) is 1. The average Bonchev–Trinajstić information content (AvgIpc) is 3.49. The van der Waals surface area contributed by atoms with E-state index in [4.69, 9.17) is 25.1 Å². The van der Waals surface area contributed by atoms with Crippen LogP contribution in [0.2, 0.25) is 0 Å². The minimum Gasteiger partial charge on any atom is -0.481 e. The van der Waals surface area contributed by atoms with Gasteiger partial charge in [0.1, 0.15) is 17.3 Å². The Morgan fingerprint density at radius 3 is 2.57 bits per heavy atom. The van der Waals surface area contributed by atoms with Gasteiger partial charge in [-0.1, -0.05) is 12.1 Å². The second-order valence-electron chi connectivity index (χ2n) is 9.34. The van der Waals surface area contributed by atoms with E-state index in [1.54, 1.807) is 4.90 Å².